The van der Waals surface area contributed by atoms with Crippen LogP contribution in [0, 0.1) is 6.92 Å². The molecule has 23 heavy (non-hydrogen) atoms. The standard InChI is InChI=1S/C20H19N3/c1-15-8-6-7-11-18(15)23-16(2)22(17-9-4-3-5-10-17)20-14-21-13-12-19(20)23/h3-14,16H,1-2H3. The predicted molar refractivity (Wildman–Crippen MR) is 95.6 cm³/mol. The minimum absolute atomic E-state index is 0.192. The van der Waals surface area contributed by atoms with Crippen molar-refractivity contribution in [2.75, 3.05) is 9.80 Å². The smallest absolute Gasteiger partial charge is 0.108 e. The molecule has 2 heterocycles. The van der Waals surface area contributed by atoms with Crippen molar-refractivity contribution in [3.63, 3.8) is 0 Å². The minimum Gasteiger partial charge on any atom is -0.318 e. The van der Waals surface area contributed by atoms with E-state index in [0.717, 1.165) is 5.69 Å². The third kappa shape index (κ3) is 2.16. The van der Waals surface area contributed by atoms with Crippen LogP contribution in [-0.2, 0) is 0 Å². The molecule has 3 nitrogen and oxygen atoms in total. The van der Waals surface area contributed by atoms with Crippen LogP contribution in [0.4, 0.5) is 22.7 Å². The first-order valence-electron chi connectivity index (χ1n) is 7.90. The zero-order valence-electron chi connectivity index (χ0n) is 13.3. The maximum atomic E-state index is 4.35. The van der Waals surface area contributed by atoms with Crippen LogP contribution >= 0.6 is 0 Å². The number of hydrogen-bond donors (Lipinski definition) is 0. The summed E-state index contributed by atoms with van der Waals surface area (Å²) in [5, 5.41) is 0. The molecule has 2 aromatic carbocycles. The second-order valence-corrected chi connectivity index (χ2v) is 5.86. The Labute approximate surface area is 136 Å². The second-order valence-electron chi connectivity index (χ2n) is 5.86. The Hall–Kier alpha value is -2.81. The molecule has 0 N–H and O–H groups in total. The zero-order chi connectivity index (χ0) is 15.8. The Kier molecular flexibility index (Phi) is 3.27. The van der Waals surface area contributed by atoms with Crippen molar-refractivity contribution in [1.29, 1.82) is 0 Å². The van der Waals surface area contributed by atoms with Gasteiger partial charge in [0, 0.05) is 17.6 Å². The molecule has 3 aromatic rings. The van der Waals surface area contributed by atoms with Crippen LogP contribution in [-0.4, -0.2) is 11.1 Å². The lowest BCUT2D eigenvalue weighted by Gasteiger charge is -2.31. The SMILES string of the molecule is Cc1ccccc1N1c2ccncc2N(c2ccccc2)C1C. The maximum Gasteiger partial charge on any atom is 0.108 e. The molecule has 114 valence electrons. The second kappa shape index (κ2) is 5.43. The van der Waals surface area contributed by atoms with E-state index in [-0.39, 0.29) is 6.17 Å². The van der Waals surface area contributed by atoms with Gasteiger partial charge in [0.15, 0.2) is 0 Å². The highest BCUT2D eigenvalue weighted by atomic mass is 15.4. The van der Waals surface area contributed by atoms with Crippen LogP contribution in [0.15, 0.2) is 73.1 Å². The van der Waals surface area contributed by atoms with Crippen LogP contribution in [0.5, 0.6) is 0 Å². The van der Waals surface area contributed by atoms with E-state index in [0.29, 0.717) is 0 Å². The van der Waals surface area contributed by atoms with Gasteiger partial charge in [0.2, 0.25) is 0 Å². The maximum absolute atomic E-state index is 4.35. The van der Waals surface area contributed by atoms with Gasteiger partial charge in [0.1, 0.15) is 6.17 Å². The summed E-state index contributed by atoms with van der Waals surface area (Å²) in [4.78, 5) is 9.08. The van der Waals surface area contributed by atoms with Crippen LogP contribution in [0.2, 0.25) is 0 Å². The Bertz CT molecular complexity index is 829. The number of aromatic nitrogens is 1. The van der Waals surface area contributed by atoms with Gasteiger partial charge in [-0.05, 0) is 43.7 Å². The lowest BCUT2D eigenvalue weighted by Crippen LogP contribution is -2.35. The summed E-state index contributed by atoms with van der Waals surface area (Å²) in [6.07, 6.45) is 4.01. The molecule has 0 radical (unpaired) electrons. The fourth-order valence-corrected chi connectivity index (χ4v) is 3.39. The number of aryl methyl sites for hydroxylation is 1. The summed E-state index contributed by atoms with van der Waals surface area (Å²) in [5.74, 6) is 0. The van der Waals surface area contributed by atoms with Gasteiger partial charge in [-0.15, -0.1) is 0 Å². The van der Waals surface area contributed by atoms with Gasteiger partial charge >= 0.3 is 0 Å². The molecule has 1 aliphatic rings. The number of rotatable bonds is 2. The molecular weight excluding hydrogens is 282 g/mol. The summed E-state index contributed by atoms with van der Waals surface area (Å²) in [7, 11) is 0. The quantitative estimate of drug-likeness (QED) is 0.662. The van der Waals surface area contributed by atoms with Crippen molar-refractivity contribution in [3.05, 3.63) is 78.6 Å². The highest BCUT2D eigenvalue weighted by Gasteiger charge is 2.35. The molecule has 0 spiro atoms. The van der Waals surface area contributed by atoms with Crippen molar-refractivity contribution < 1.29 is 0 Å². The highest BCUT2D eigenvalue weighted by Crippen LogP contribution is 2.47. The van der Waals surface area contributed by atoms with Crippen molar-refractivity contribution in [3.8, 4) is 0 Å². The first-order valence-corrected chi connectivity index (χ1v) is 7.90. The molecule has 1 aliphatic heterocycles. The number of nitrogens with zero attached hydrogens (tertiary/aromatic N) is 3. The van der Waals surface area contributed by atoms with E-state index >= 15 is 0 Å². The average Bonchev–Trinajstić information content (AvgIpc) is 2.88. The molecule has 3 heteroatoms. The van der Waals surface area contributed by atoms with Crippen molar-refractivity contribution in [2.45, 2.75) is 20.0 Å². The summed E-state index contributed by atoms with van der Waals surface area (Å²) in [5.41, 5.74) is 6.05. The number of benzene rings is 2. The van der Waals surface area contributed by atoms with E-state index in [1.807, 2.05) is 18.5 Å². The molecule has 0 saturated heterocycles. The van der Waals surface area contributed by atoms with E-state index in [1.165, 1.54) is 22.6 Å². The zero-order valence-corrected chi connectivity index (χ0v) is 13.3. The fraction of sp³-hybridized carbons (Fsp3) is 0.150. The number of anilines is 4. The van der Waals surface area contributed by atoms with Crippen LogP contribution in [0.3, 0.4) is 0 Å². The van der Waals surface area contributed by atoms with Gasteiger partial charge in [-0.3, -0.25) is 4.98 Å². The highest BCUT2D eigenvalue weighted by molar-refractivity contribution is 5.88. The van der Waals surface area contributed by atoms with Gasteiger partial charge in [0.25, 0.3) is 0 Å². The minimum atomic E-state index is 0.192. The largest absolute Gasteiger partial charge is 0.318 e. The van der Waals surface area contributed by atoms with Crippen LogP contribution < -0.4 is 9.80 Å². The molecule has 1 aromatic heterocycles. The van der Waals surface area contributed by atoms with Gasteiger partial charge in [-0.25, -0.2) is 0 Å². The van der Waals surface area contributed by atoms with Crippen molar-refractivity contribution >= 4 is 22.7 Å². The van der Waals surface area contributed by atoms with E-state index < -0.39 is 0 Å². The molecule has 0 amide bonds. The Morgan fingerprint density at radius 2 is 1.52 bits per heavy atom. The van der Waals surface area contributed by atoms with E-state index in [9.17, 15) is 0 Å². The molecule has 1 unspecified atom stereocenters. The molecule has 4 rings (SSSR count). The van der Waals surface area contributed by atoms with Gasteiger partial charge in [-0.2, -0.15) is 0 Å². The summed E-state index contributed by atoms with van der Waals surface area (Å²) in [6.45, 7) is 4.40. The molecule has 1 atom stereocenters. The topological polar surface area (TPSA) is 19.4 Å². The van der Waals surface area contributed by atoms with Gasteiger partial charge < -0.3 is 9.80 Å². The lowest BCUT2D eigenvalue weighted by molar-refractivity contribution is 0.759. The van der Waals surface area contributed by atoms with E-state index in [2.05, 4.69) is 83.2 Å². The summed E-state index contributed by atoms with van der Waals surface area (Å²) >= 11 is 0. The molecule has 0 saturated carbocycles. The summed E-state index contributed by atoms with van der Waals surface area (Å²) < 4.78 is 0. The number of fused-ring (bicyclic) bond motifs is 1. The fourth-order valence-electron chi connectivity index (χ4n) is 3.39. The van der Waals surface area contributed by atoms with Crippen LogP contribution in [0.25, 0.3) is 0 Å². The Morgan fingerprint density at radius 3 is 2.30 bits per heavy atom. The number of hydrogen-bond acceptors (Lipinski definition) is 3. The molecular formula is C20H19N3. The third-order valence-corrected chi connectivity index (χ3v) is 4.45. The number of pyridine rings is 1. The monoisotopic (exact) mass is 301 g/mol. The van der Waals surface area contributed by atoms with E-state index in [1.54, 1.807) is 0 Å². The third-order valence-electron chi connectivity index (χ3n) is 4.45. The number of para-hydroxylation sites is 2. The Morgan fingerprint density at radius 1 is 0.783 bits per heavy atom. The van der Waals surface area contributed by atoms with Crippen molar-refractivity contribution in [2.24, 2.45) is 0 Å². The predicted octanol–water partition coefficient (Wildman–Crippen LogP) is 5.03. The molecule has 0 aliphatic carbocycles. The van der Waals surface area contributed by atoms with Gasteiger partial charge in [0.05, 0.1) is 17.6 Å². The van der Waals surface area contributed by atoms with Crippen LogP contribution in [0.1, 0.15) is 12.5 Å². The van der Waals surface area contributed by atoms with E-state index in [4.69, 9.17) is 0 Å². The summed E-state index contributed by atoms with van der Waals surface area (Å²) in [6, 6.07) is 21.1. The molecule has 0 bridgehead atoms. The first kappa shape index (κ1) is 13.8. The average molecular weight is 301 g/mol. The lowest BCUT2D eigenvalue weighted by atomic mass is 10.1. The molecule has 0 fully saturated rings. The van der Waals surface area contributed by atoms with Crippen molar-refractivity contribution in [1.82, 2.24) is 4.98 Å². The Balaban J connectivity index is 1.89. The first-order chi connectivity index (χ1) is 11.3. The van der Waals surface area contributed by atoms with Gasteiger partial charge in [-0.1, -0.05) is 36.4 Å². The normalized spacial score (nSPS) is 16.5.